The van der Waals surface area contributed by atoms with Crippen molar-refractivity contribution < 1.29 is 4.74 Å². The molecular weight excluding hydrogens is 188 g/mol. The van der Waals surface area contributed by atoms with Gasteiger partial charge in [-0.1, -0.05) is 13.8 Å². The van der Waals surface area contributed by atoms with Crippen molar-refractivity contribution in [1.82, 2.24) is 4.90 Å². The Hall–Kier alpha value is -0.120. The molecule has 15 heavy (non-hydrogen) atoms. The Morgan fingerprint density at radius 3 is 2.13 bits per heavy atom. The summed E-state index contributed by atoms with van der Waals surface area (Å²) in [5.41, 5.74) is 5.89. The van der Waals surface area contributed by atoms with Crippen LogP contribution in [0, 0.1) is 5.41 Å². The molecule has 0 radical (unpaired) electrons. The molecule has 3 nitrogen and oxygen atoms in total. The first-order chi connectivity index (χ1) is 6.72. The van der Waals surface area contributed by atoms with Crippen molar-refractivity contribution in [1.29, 1.82) is 0 Å². The number of hydrogen-bond acceptors (Lipinski definition) is 3. The first-order valence-electron chi connectivity index (χ1n) is 5.66. The van der Waals surface area contributed by atoms with Crippen LogP contribution in [0.1, 0.15) is 34.1 Å². The molecule has 0 rings (SSSR count). The molecule has 0 fully saturated rings. The summed E-state index contributed by atoms with van der Waals surface area (Å²) < 4.78 is 5.39. The summed E-state index contributed by atoms with van der Waals surface area (Å²) in [5.74, 6) is 0. The molecule has 0 saturated carbocycles. The molecule has 2 N–H and O–H groups in total. The smallest absolute Gasteiger partial charge is 0.0634 e. The molecule has 0 aromatic rings. The Bertz CT molecular complexity index is 178. The summed E-state index contributed by atoms with van der Waals surface area (Å²) in [6.45, 7) is 11.4. The van der Waals surface area contributed by atoms with E-state index < -0.39 is 0 Å². The molecule has 0 aliphatic carbocycles. The second-order valence-electron chi connectivity index (χ2n) is 5.82. The van der Waals surface area contributed by atoms with E-state index in [9.17, 15) is 0 Å². The Balaban J connectivity index is 3.90. The molecule has 0 aliphatic heterocycles. The number of hydrogen-bond donors (Lipinski definition) is 1. The lowest BCUT2D eigenvalue weighted by atomic mass is 9.93. The van der Waals surface area contributed by atoms with Gasteiger partial charge in [-0.05, 0) is 39.3 Å². The topological polar surface area (TPSA) is 38.5 Å². The average molecular weight is 216 g/mol. The highest BCUT2D eigenvalue weighted by Crippen LogP contribution is 2.17. The fourth-order valence-electron chi connectivity index (χ4n) is 1.44. The van der Waals surface area contributed by atoms with E-state index in [1.54, 1.807) is 7.11 Å². The van der Waals surface area contributed by atoms with E-state index in [0.29, 0.717) is 0 Å². The Morgan fingerprint density at radius 1 is 1.20 bits per heavy atom. The summed E-state index contributed by atoms with van der Waals surface area (Å²) in [6, 6.07) is 0. The maximum atomic E-state index is 5.71. The lowest BCUT2D eigenvalue weighted by Crippen LogP contribution is -2.39. The third-order valence-electron chi connectivity index (χ3n) is 2.90. The molecule has 0 spiro atoms. The van der Waals surface area contributed by atoms with Crippen molar-refractivity contribution in [3.8, 4) is 0 Å². The van der Waals surface area contributed by atoms with Gasteiger partial charge in [0.15, 0.2) is 0 Å². The molecular formula is C12H28N2O. The van der Waals surface area contributed by atoms with Crippen LogP contribution in [0.25, 0.3) is 0 Å². The molecule has 0 saturated heterocycles. The number of rotatable bonds is 7. The van der Waals surface area contributed by atoms with Gasteiger partial charge in [0.25, 0.3) is 0 Å². The van der Waals surface area contributed by atoms with E-state index >= 15 is 0 Å². The SMILES string of the molecule is COC(C)(C)CCN(C)CC(C)(C)CN. The number of ether oxygens (including phenoxy) is 1. The van der Waals surface area contributed by atoms with Gasteiger partial charge in [-0.3, -0.25) is 0 Å². The van der Waals surface area contributed by atoms with Crippen LogP contribution in [-0.4, -0.2) is 44.3 Å². The van der Waals surface area contributed by atoms with Crippen LogP contribution in [0.4, 0.5) is 0 Å². The summed E-state index contributed by atoms with van der Waals surface area (Å²) in [5, 5.41) is 0. The maximum Gasteiger partial charge on any atom is 0.0634 e. The minimum atomic E-state index is -0.0267. The predicted octanol–water partition coefficient (Wildman–Crippen LogP) is 1.72. The summed E-state index contributed by atoms with van der Waals surface area (Å²) in [4.78, 5) is 2.33. The zero-order chi connectivity index (χ0) is 12.1. The normalized spacial score (nSPS) is 13.6. The van der Waals surface area contributed by atoms with Gasteiger partial charge in [0, 0.05) is 20.2 Å². The molecule has 0 aromatic carbocycles. The Kier molecular flexibility index (Phi) is 5.78. The molecule has 0 atom stereocenters. The minimum Gasteiger partial charge on any atom is -0.379 e. The Labute approximate surface area is 95.0 Å². The summed E-state index contributed by atoms with van der Waals surface area (Å²) >= 11 is 0. The molecule has 0 bridgehead atoms. The van der Waals surface area contributed by atoms with E-state index in [2.05, 4.69) is 39.6 Å². The van der Waals surface area contributed by atoms with Crippen molar-refractivity contribution in [3.05, 3.63) is 0 Å². The van der Waals surface area contributed by atoms with Gasteiger partial charge in [-0.15, -0.1) is 0 Å². The molecule has 3 heteroatoms. The van der Waals surface area contributed by atoms with Gasteiger partial charge in [-0.25, -0.2) is 0 Å². The largest absolute Gasteiger partial charge is 0.379 e. The van der Waals surface area contributed by atoms with Crippen LogP contribution < -0.4 is 5.73 Å². The van der Waals surface area contributed by atoms with Crippen molar-refractivity contribution in [2.75, 3.05) is 33.8 Å². The highest BCUT2D eigenvalue weighted by Gasteiger charge is 2.21. The van der Waals surface area contributed by atoms with Crippen LogP contribution in [0.15, 0.2) is 0 Å². The van der Waals surface area contributed by atoms with Crippen LogP contribution >= 0.6 is 0 Å². The zero-order valence-corrected chi connectivity index (χ0v) is 11.3. The summed E-state index contributed by atoms with van der Waals surface area (Å²) in [7, 11) is 3.91. The molecule has 0 aromatic heterocycles. The fraction of sp³-hybridized carbons (Fsp3) is 1.00. The first kappa shape index (κ1) is 14.9. The number of methoxy groups -OCH3 is 1. The second kappa shape index (κ2) is 5.83. The molecule has 0 aliphatic rings. The monoisotopic (exact) mass is 216 g/mol. The van der Waals surface area contributed by atoms with Gasteiger partial charge in [0.1, 0.15) is 0 Å². The zero-order valence-electron chi connectivity index (χ0n) is 11.3. The lowest BCUT2D eigenvalue weighted by molar-refractivity contribution is 0.00719. The van der Waals surface area contributed by atoms with Gasteiger partial charge in [0.05, 0.1) is 5.60 Å². The molecule has 92 valence electrons. The van der Waals surface area contributed by atoms with Crippen molar-refractivity contribution >= 4 is 0 Å². The maximum absolute atomic E-state index is 5.71. The fourth-order valence-corrected chi connectivity index (χ4v) is 1.44. The predicted molar refractivity (Wildman–Crippen MR) is 66.0 cm³/mol. The van der Waals surface area contributed by atoms with E-state index in [0.717, 1.165) is 26.1 Å². The minimum absolute atomic E-state index is 0.0267. The highest BCUT2D eigenvalue weighted by molar-refractivity contribution is 4.75. The summed E-state index contributed by atoms with van der Waals surface area (Å²) in [6.07, 6.45) is 1.04. The third-order valence-corrected chi connectivity index (χ3v) is 2.90. The van der Waals surface area contributed by atoms with E-state index in [-0.39, 0.29) is 11.0 Å². The van der Waals surface area contributed by atoms with E-state index in [1.165, 1.54) is 0 Å². The average Bonchev–Trinajstić information content (AvgIpc) is 2.15. The standard InChI is InChI=1S/C12H28N2O/c1-11(2,9-13)10-14(5)8-7-12(3,4)15-6/h7-10,13H2,1-6H3. The van der Waals surface area contributed by atoms with Gasteiger partial charge in [0.2, 0.25) is 0 Å². The van der Waals surface area contributed by atoms with Gasteiger partial charge < -0.3 is 15.4 Å². The van der Waals surface area contributed by atoms with Crippen molar-refractivity contribution in [2.45, 2.75) is 39.7 Å². The van der Waals surface area contributed by atoms with Crippen LogP contribution in [0.5, 0.6) is 0 Å². The van der Waals surface area contributed by atoms with Crippen molar-refractivity contribution in [3.63, 3.8) is 0 Å². The van der Waals surface area contributed by atoms with E-state index in [4.69, 9.17) is 10.5 Å². The van der Waals surface area contributed by atoms with Gasteiger partial charge >= 0.3 is 0 Å². The Morgan fingerprint density at radius 2 is 1.73 bits per heavy atom. The molecule has 0 unspecified atom stereocenters. The third kappa shape index (κ3) is 6.88. The van der Waals surface area contributed by atoms with Crippen LogP contribution in [-0.2, 0) is 4.74 Å². The lowest BCUT2D eigenvalue weighted by Gasteiger charge is -2.31. The number of nitrogens with two attached hydrogens (primary N) is 1. The van der Waals surface area contributed by atoms with Crippen LogP contribution in [0.2, 0.25) is 0 Å². The second-order valence-corrected chi connectivity index (χ2v) is 5.82. The van der Waals surface area contributed by atoms with Crippen LogP contribution in [0.3, 0.4) is 0 Å². The highest BCUT2D eigenvalue weighted by atomic mass is 16.5. The molecule has 0 amide bonds. The van der Waals surface area contributed by atoms with E-state index in [1.807, 2.05) is 0 Å². The number of nitrogens with zero attached hydrogens (tertiary/aromatic N) is 1. The van der Waals surface area contributed by atoms with Crippen molar-refractivity contribution in [2.24, 2.45) is 11.1 Å². The first-order valence-corrected chi connectivity index (χ1v) is 5.66. The van der Waals surface area contributed by atoms with Gasteiger partial charge in [-0.2, -0.15) is 0 Å². The molecule has 0 heterocycles. The quantitative estimate of drug-likeness (QED) is 0.704.